The number of phosphoric acid groups is 1. The number of rotatable bonds is 42. The van der Waals surface area contributed by atoms with Crippen LogP contribution in [0.3, 0.4) is 0 Å². The van der Waals surface area contributed by atoms with E-state index >= 15 is 0 Å². The van der Waals surface area contributed by atoms with Gasteiger partial charge in [0.05, 0.1) is 33.9 Å². The van der Waals surface area contributed by atoms with Crippen molar-refractivity contribution in [1.82, 2.24) is 0 Å². The molecule has 0 fully saturated rings. The zero-order valence-corrected chi connectivity index (χ0v) is 39.2. The third-order valence-electron chi connectivity index (χ3n) is 9.92. The van der Waals surface area contributed by atoms with Gasteiger partial charge in [-0.25, -0.2) is 4.57 Å². The molecule has 0 aromatic carbocycles. The normalized spacial score (nSPS) is 14.5. The monoisotopic (exact) mass is 855 g/mol. The lowest BCUT2D eigenvalue weighted by Gasteiger charge is -2.24. The number of esters is 2. The molecule has 0 aromatic rings. The highest BCUT2D eigenvalue weighted by atomic mass is 31.2. The van der Waals surface area contributed by atoms with Gasteiger partial charge in [-0.05, 0) is 51.4 Å². The van der Waals surface area contributed by atoms with E-state index in [4.69, 9.17) is 18.5 Å². The molecule has 0 radical (unpaired) electrons. The van der Waals surface area contributed by atoms with E-state index in [0.717, 1.165) is 51.4 Å². The standard InChI is InChI=1S/C48H88NO9P/c1-6-8-9-10-11-12-13-14-15-16-17-20-23-26-29-32-35-39-47(51)55-43-46(44-57-59(53,54)56-42-41-49(3,4)5)58-48(52)40-36-33-30-27-24-21-18-19-22-25-28-31-34-38-45(50)37-7-2/h18,21-22,25,27,30-31,34,45-46,50H,6-17,19-20,23-24,26,28-29,32-33,35-44H2,1-5H3/p+1/b21-18-,25-22-,30-27-,34-31-/t45?,46-/m1/s1. The number of carbonyl (C=O) groups excluding carboxylic acids is 2. The largest absolute Gasteiger partial charge is 0.472 e. The second-order valence-corrected chi connectivity index (χ2v) is 18.4. The van der Waals surface area contributed by atoms with Gasteiger partial charge in [0.1, 0.15) is 19.8 Å². The molecule has 2 unspecified atom stereocenters. The highest BCUT2D eigenvalue weighted by Crippen LogP contribution is 2.43. The molecule has 0 aromatic heterocycles. The number of phosphoric ester groups is 1. The number of nitrogens with zero attached hydrogens (tertiary/aromatic N) is 1. The fourth-order valence-corrected chi connectivity index (χ4v) is 7.00. The Kier molecular flexibility index (Phi) is 38.6. The van der Waals surface area contributed by atoms with Crippen LogP contribution in [0.4, 0.5) is 0 Å². The fourth-order valence-electron chi connectivity index (χ4n) is 6.26. The minimum Gasteiger partial charge on any atom is -0.462 e. The number of ether oxygens (including phenoxy) is 2. The Morgan fingerprint density at radius 1 is 0.593 bits per heavy atom. The SMILES string of the molecule is CCCCCCCCCCCCCCCCCCCC(=O)OC[C@H](COP(=O)(O)OCC[N+](C)(C)C)OC(=O)CCC/C=C\C/C=C\C/C=C\C/C=C\CC(O)CCC. The van der Waals surface area contributed by atoms with Gasteiger partial charge in [-0.2, -0.15) is 0 Å². The summed E-state index contributed by atoms with van der Waals surface area (Å²) in [7, 11) is 1.42. The highest BCUT2D eigenvalue weighted by molar-refractivity contribution is 7.47. The van der Waals surface area contributed by atoms with Crippen LogP contribution in [0.2, 0.25) is 0 Å². The van der Waals surface area contributed by atoms with Crippen LogP contribution in [0.5, 0.6) is 0 Å². The van der Waals surface area contributed by atoms with E-state index in [-0.39, 0.29) is 38.1 Å². The molecule has 0 spiro atoms. The van der Waals surface area contributed by atoms with Crippen LogP contribution in [-0.4, -0.2) is 86.1 Å². The molecule has 0 saturated carbocycles. The maximum Gasteiger partial charge on any atom is 0.472 e. The molecule has 0 bridgehead atoms. The van der Waals surface area contributed by atoms with Crippen molar-refractivity contribution in [2.24, 2.45) is 0 Å². The van der Waals surface area contributed by atoms with Crippen molar-refractivity contribution in [2.75, 3.05) is 47.5 Å². The lowest BCUT2D eigenvalue weighted by molar-refractivity contribution is -0.870. The number of likely N-dealkylation sites (N-methyl/N-ethyl adjacent to an activating group) is 1. The predicted molar refractivity (Wildman–Crippen MR) is 244 cm³/mol. The molecule has 0 aliphatic rings. The number of allylic oxidation sites excluding steroid dienone is 7. The summed E-state index contributed by atoms with van der Waals surface area (Å²) in [6.07, 6.45) is 43.7. The van der Waals surface area contributed by atoms with Crippen LogP contribution in [0.25, 0.3) is 0 Å². The van der Waals surface area contributed by atoms with Gasteiger partial charge < -0.3 is 24.0 Å². The van der Waals surface area contributed by atoms with E-state index in [2.05, 4.69) is 50.3 Å². The van der Waals surface area contributed by atoms with Gasteiger partial charge in [0.25, 0.3) is 0 Å². The van der Waals surface area contributed by atoms with Crippen molar-refractivity contribution >= 4 is 19.8 Å². The lowest BCUT2D eigenvalue weighted by atomic mass is 10.0. The number of aliphatic hydroxyl groups is 1. The summed E-state index contributed by atoms with van der Waals surface area (Å²) >= 11 is 0. The molecular weight excluding hydrogens is 765 g/mol. The second-order valence-electron chi connectivity index (χ2n) is 17.0. The van der Waals surface area contributed by atoms with Crippen LogP contribution in [0, 0.1) is 0 Å². The lowest BCUT2D eigenvalue weighted by Crippen LogP contribution is -2.37. The number of quaternary nitrogens is 1. The van der Waals surface area contributed by atoms with Crippen LogP contribution in [-0.2, 0) is 32.7 Å². The molecule has 0 aliphatic carbocycles. The number of aliphatic hydroxyl groups excluding tert-OH is 1. The number of carbonyl (C=O) groups is 2. The van der Waals surface area contributed by atoms with Gasteiger partial charge >= 0.3 is 19.8 Å². The van der Waals surface area contributed by atoms with E-state index in [0.29, 0.717) is 30.3 Å². The van der Waals surface area contributed by atoms with Crippen molar-refractivity contribution in [2.45, 2.75) is 199 Å². The predicted octanol–water partition coefficient (Wildman–Crippen LogP) is 12.4. The van der Waals surface area contributed by atoms with Crippen LogP contribution < -0.4 is 0 Å². The first-order chi connectivity index (χ1) is 28.4. The molecule has 0 amide bonds. The number of unbranched alkanes of at least 4 members (excludes halogenated alkanes) is 17. The van der Waals surface area contributed by atoms with E-state index in [1.165, 1.54) is 89.9 Å². The smallest absolute Gasteiger partial charge is 0.462 e. The Labute approximate surface area is 361 Å². The molecule has 59 heavy (non-hydrogen) atoms. The quantitative estimate of drug-likeness (QED) is 0.0203. The third-order valence-corrected chi connectivity index (χ3v) is 10.9. The minimum absolute atomic E-state index is 0.0145. The van der Waals surface area contributed by atoms with Crippen molar-refractivity contribution in [1.29, 1.82) is 0 Å². The maximum absolute atomic E-state index is 12.7. The highest BCUT2D eigenvalue weighted by Gasteiger charge is 2.27. The molecule has 344 valence electrons. The minimum atomic E-state index is -4.40. The van der Waals surface area contributed by atoms with Gasteiger partial charge in [-0.15, -0.1) is 0 Å². The zero-order chi connectivity index (χ0) is 43.7. The average molecular weight is 855 g/mol. The van der Waals surface area contributed by atoms with E-state index < -0.39 is 26.5 Å². The first kappa shape index (κ1) is 56.9. The summed E-state index contributed by atoms with van der Waals surface area (Å²) in [5.41, 5.74) is 0. The fraction of sp³-hybridized carbons (Fsp3) is 0.792. The Balaban J connectivity index is 4.42. The molecule has 11 heteroatoms. The maximum atomic E-state index is 12.7. The second kappa shape index (κ2) is 40.0. The Morgan fingerprint density at radius 2 is 1.07 bits per heavy atom. The molecule has 10 nitrogen and oxygen atoms in total. The Bertz CT molecular complexity index is 1160. The molecule has 3 atom stereocenters. The summed E-state index contributed by atoms with van der Waals surface area (Å²) in [6.45, 7) is 4.16. The Morgan fingerprint density at radius 3 is 1.58 bits per heavy atom. The first-order valence-corrected chi connectivity index (χ1v) is 24.9. The van der Waals surface area contributed by atoms with Gasteiger partial charge in [0, 0.05) is 12.8 Å². The zero-order valence-electron chi connectivity index (χ0n) is 38.3. The summed E-state index contributed by atoms with van der Waals surface area (Å²) in [5.74, 6) is -0.881. The van der Waals surface area contributed by atoms with Crippen LogP contribution in [0.15, 0.2) is 48.6 Å². The van der Waals surface area contributed by atoms with Crippen molar-refractivity contribution in [3.8, 4) is 0 Å². The van der Waals surface area contributed by atoms with Gasteiger partial charge in [0.2, 0.25) is 0 Å². The van der Waals surface area contributed by atoms with Gasteiger partial charge in [-0.3, -0.25) is 18.6 Å². The topological polar surface area (TPSA) is 129 Å². The molecule has 0 aliphatic heterocycles. The van der Waals surface area contributed by atoms with E-state index in [1.54, 1.807) is 0 Å². The van der Waals surface area contributed by atoms with E-state index in [1.807, 2.05) is 33.3 Å². The molecule has 0 saturated heterocycles. The van der Waals surface area contributed by atoms with E-state index in [9.17, 15) is 24.2 Å². The third kappa shape index (κ3) is 43.8. The van der Waals surface area contributed by atoms with Gasteiger partial charge in [0.15, 0.2) is 6.10 Å². The van der Waals surface area contributed by atoms with Crippen LogP contribution >= 0.6 is 7.82 Å². The van der Waals surface area contributed by atoms with Crippen LogP contribution in [0.1, 0.15) is 187 Å². The van der Waals surface area contributed by atoms with Crippen molar-refractivity contribution in [3.05, 3.63) is 48.6 Å². The molecule has 2 N–H and O–H groups in total. The molecular formula is C48H89NO9P+. The summed E-state index contributed by atoms with van der Waals surface area (Å²) in [5, 5.41) is 9.74. The molecule has 0 heterocycles. The number of hydrogen-bond acceptors (Lipinski definition) is 8. The van der Waals surface area contributed by atoms with Crippen molar-refractivity contribution in [3.63, 3.8) is 0 Å². The number of hydrogen-bond donors (Lipinski definition) is 2. The van der Waals surface area contributed by atoms with Gasteiger partial charge in [-0.1, -0.05) is 172 Å². The Hall–Kier alpha value is -2.07. The van der Waals surface area contributed by atoms with Crippen molar-refractivity contribution < 1.29 is 47.2 Å². The summed E-state index contributed by atoms with van der Waals surface area (Å²) in [4.78, 5) is 35.4. The first-order valence-electron chi connectivity index (χ1n) is 23.4. The average Bonchev–Trinajstić information content (AvgIpc) is 3.18. The summed E-state index contributed by atoms with van der Waals surface area (Å²) in [6, 6.07) is 0. The molecule has 0 rings (SSSR count). The summed E-state index contributed by atoms with van der Waals surface area (Å²) < 4.78 is 34.3.